The zero-order valence-corrected chi connectivity index (χ0v) is 16.7. The predicted molar refractivity (Wildman–Crippen MR) is 102 cm³/mol. The van der Waals surface area contributed by atoms with E-state index in [1.165, 1.54) is 0 Å². The van der Waals surface area contributed by atoms with Crippen LogP contribution in [-0.4, -0.2) is 71.1 Å². The maximum Gasteiger partial charge on any atom is 0.322 e. The molecular formula is C18H30N4O7. The van der Waals surface area contributed by atoms with Crippen LogP contribution in [0.1, 0.15) is 46.0 Å². The topological polar surface area (TPSA) is 174 Å². The summed E-state index contributed by atoms with van der Waals surface area (Å²) in [5.41, 5.74) is 0. The molecule has 3 amide bonds. The molecule has 29 heavy (non-hydrogen) atoms. The third-order valence-corrected chi connectivity index (χ3v) is 4.41. The molecule has 0 aromatic rings. The third kappa shape index (κ3) is 9.37. The highest BCUT2D eigenvalue weighted by Gasteiger charge is 2.30. The van der Waals surface area contributed by atoms with Gasteiger partial charge in [-0.25, -0.2) is 0 Å². The number of rotatable bonds is 12. The molecule has 11 nitrogen and oxygen atoms in total. The van der Waals surface area contributed by atoms with Crippen LogP contribution in [0.3, 0.4) is 0 Å². The van der Waals surface area contributed by atoms with Crippen molar-refractivity contribution < 1.29 is 34.2 Å². The van der Waals surface area contributed by atoms with E-state index in [1.807, 2.05) is 13.8 Å². The van der Waals surface area contributed by atoms with Crippen LogP contribution in [0.5, 0.6) is 0 Å². The summed E-state index contributed by atoms with van der Waals surface area (Å²) in [6.45, 7) is 3.76. The summed E-state index contributed by atoms with van der Waals surface area (Å²) in [7, 11) is 0. The van der Waals surface area contributed by atoms with E-state index in [4.69, 9.17) is 10.2 Å². The van der Waals surface area contributed by atoms with E-state index in [0.29, 0.717) is 13.0 Å². The van der Waals surface area contributed by atoms with Crippen molar-refractivity contribution >= 4 is 29.7 Å². The van der Waals surface area contributed by atoms with Crippen LogP contribution in [0.4, 0.5) is 0 Å². The zero-order valence-electron chi connectivity index (χ0n) is 16.7. The monoisotopic (exact) mass is 414 g/mol. The maximum atomic E-state index is 12.7. The first kappa shape index (κ1) is 24.3. The van der Waals surface area contributed by atoms with Crippen molar-refractivity contribution in [2.45, 2.75) is 64.1 Å². The van der Waals surface area contributed by atoms with Crippen molar-refractivity contribution in [3.63, 3.8) is 0 Å². The first-order chi connectivity index (χ1) is 13.6. The molecule has 1 aliphatic rings. The molecule has 1 fully saturated rings. The molecule has 1 aliphatic heterocycles. The number of hydrogen-bond acceptors (Lipinski definition) is 6. The Labute approximate surface area is 169 Å². The van der Waals surface area contributed by atoms with E-state index >= 15 is 0 Å². The highest BCUT2D eigenvalue weighted by atomic mass is 16.4. The molecule has 164 valence electrons. The van der Waals surface area contributed by atoms with Gasteiger partial charge in [0.25, 0.3) is 0 Å². The lowest BCUT2D eigenvalue weighted by Crippen LogP contribution is -2.56. The largest absolute Gasteiger partial charge is 0.481 e. The molecule has 1 rings (SSSR count). The Bertz CT molecular complexity index is 617. The van der Waals surface area contributed by atoms with Gasteiger partial charge in [-0.15, -0.1) is 0 Å². The molecule has 1 saturated heterocycles. The fourth-order valence-corrected chi connectivity index (χ4v) is 2.98. The van der Waals surface area contributed by atoms with Gasteiger partial charge in [-0.3, -0.25) is 24.0 Å². The van der Waals surface area contributed by atoms with Crippen LogP contribution in [0.2, 0.25) is 0 Å². The summed E-state index contributed by atoms with van der Waals surface area (Å²) in [5, 5.41) is 27.9. The fraction of sp³-hybridized carbons (Fsp3) is 0.722. The Morgan fingerprint density at radius 1 is 1.00 bits per heavy atom. The van der Waals surface area contributed by atoms with Gasteiger partial charge in [0.15, 0.2) is 0 Å². The molecule has 0 aromatic carbocycles. The van der Waals surface area contributed by atoms with Crippen LogP contribution < -0.4 is 21.3 Å². The van der Waals surface area contributed by atoms with E-state index in [1.54, 1.807) is 0 Å². The Morgan fingerprint density at radius 3 is 2.21 bits per heavy atom. The standard InChI is InChI=1S/C18H30N4O7/c1-10(2)8-13(16(27)20-9-15(25)26)22-18(29)12(5-6-14(23)24)21-17(28)11-4-3-7-19-11/h10-13,19H,3-9H2,1-2H3,(H,20,27)(H,21,28)(H,22,29)(H,23,24)(H,25,26). The minimum atomic E-state index is -1.22. The molecule has 0 bridgehead atoms. The molecule has 1 heterocycles. The Morgan fingerprint density at radius 2 is 1.69 bits per heavy atom. The quantitative estimate of drug-likeness (QED) is 0.231. The number of carboxylic acids is 2. The van der Waals surface area contributed by atoms with E-state index in [9.17, 15) is 24.0 Å². The van der Waals surface area contributed by atoms with Crippen LogP contribution in [-0.2, 0) is 24.0 Å². The Balaban J connectivity index is 2.82. The predicted octanol–water partition coefficient (Wildman–Crippen LogP) is -1.18. The van der Waals surface area contributed by atoms with Crippen molar-refractivity contribution in [3.8, 4) is 0 Å². The number of amides is 3. The molecule has 3 atom stereocenters. The van der Waals surface area contributed by atoms with E-state index in [-0.39, 0.29) is 25.2 Å². The molecule has 0 radical (unpaired) electrons. The van der Waals surface area contributed by atoms with Crippen LogP contribution in [0.25, 0.3) is 0 Å². The smallest absolute Gasteiger partial charge is 0.322 e. The van der Waals surface area contributed by atoms with Crippen molar-refractivity contribution in [1.82, 2.24) is 21.3 Å². The van der Waals surface area contributed by atoms with Gasteiger partial charge in [-0.05, 0) is 38.1 Å². The summed E-state index contributed by atoms with van der Waals surface area (Å²) in [6, 6.07) is -2.57. The van der Waals surface area contributed by atoms with Gasteiger partial charge in [0, 0.05) is 6.42 Å². The second-order valence-electron chi connectivity index (χ2n) is 7.44. The third-order valence-electron chi connectivity index (χ3n) is 4.41. The number of aliphatic carboxylic acids is 2. The molecule has 3 unspecified atom stereocenters. The van der Waals surface area contributed by atoms with Gasteiger partial charge in [-0.1, -0.05) is 13.8 Å². The molecule has 6 N–H and O–H groups in total. The lowest BCUT2D eigenvalue weighted by atomic mass is 10.0. The zero-order chi connectivity index (χ0) is 22.0. The number of carbonyl (C=O) groups excluding carboxylic acids is 3. The highest BCUT2D eigenvalue weighted by molar-refractivity contribution is 5.94. The van der Waals surface area contributed by atoms with Crippen LogP contribution in [0.15, 0.2) is 0 Å². The maximum absolute atomic E-state index is 12.7. The van der Waals surface area contributed by atoms with Gasteiger partial charge in [-0.2, -0.15) is 0 Å². The van der Waals surface area contributed by atoms with Gasteiger partial charge in [0.05, 0.1) is 6.04 Å². The van der Waals surface area contributed by atoms with Crippen molar-refractivity contribution in [1.29, 1.82) is 0 Å². The van der Waals surface area contributed by atoms with Crippen LogP contribution in [0, 0.1) is 5.92 Å². The fourth-order valence-electron chi connectivity index (χ4n) is 2.98. The lowest BCUT2D eigenvalue weighted by molar-refractivity contribution is -0.138. The Hall–Kier alpha value is -2.69. The summed E-state index contributed by atoms with van der Waals surface area (Å²) in [4.78, 5) is 58.9. The molecule has 0 spiro atoms. The van der Waals surface area contributed by atoms with Gasteiger partial charge < -0.3 is 31.5 Å². The summed E-state index contributed by atoms with van der Waals surface area (Å²) >= 11 is 0. The first-order valence-corrected chi connectivity index (χ1v) is 9.65. The number of hydrogen-bond donors (Lipinski definition) is 6. The van der Waals surface area contributed by atoms with E-state index < -0.39 is 54.3 Å². The first-order valence-electron chi connectivity index (χ1n) is 9.65. The number of carbonyl (C=O) groups is 5. The number of nitrogens with one attached hydrogen (secondary N) is 4. The summed E-state index contributed by atoms with van der Waals surface area (Å²) in [6.07, 6.45) is 1.22. The minimum Gasteiger partial charge on any atom is -0.481 e. The number of carboxylic acid groups (broad SMARTS) is 2. The Kier molecular flexibility index (Phi) is 10.1. The molecule has 0 aromatic heterocycles. The highest BCUT2D eigenvalue weighted by Crippen LogP contribution is 2.09. The average Bonchev–Trinajstić information content (AvgIpc) is 3.16. The summed E-state index contributed by atoms with van der Waals surface area (Å²) < 4.78 is 0. The second-order valence-corrected chi connectivity index (χ2v) is 7.44. The van der Waals surface area contributed by atoms with Crippen LogP contribution >= 0.6 is 0 Å². The lowest BCUT2D eigenvalue weighted by Gasteiger charge is -2.24. The van der Waals surface area contributed by atoms with Gasteiger partial charge in [0.2, 0.25) is 17.7 Å². The normalized spacial score (nSPS) is 18.0. The minimum absolute atomic E-state index is 0.0191. The molecule has 0 saturated carbocycles. The molecule has 11 heteroatoms. The van der Waals surface area contributed by atoms with Crippen molar-refractivity contribution in [2.24, 2.45) is 5.92 Å². The van der Waals surface area contributed by atoms with Crippen molar-refractivity contribution in [3.05, 3.63) is 0 Å². The van der Waals surface area contributed by atoms with E-state index in [2.05, 4.69) is 21.3 Å². The average molecular weight is 414 g/mol. The van der Waals surface area contributed by atoms with Gasteiger partial charge >= 0.3 is 11.9 Å². The van der Waals surface area contributed by atoms with E-state index in [0.717, 1.165) is 6.42 Å². The van der Waals surface area contributed by atoms with Crippen molar-refractivity contribution in [2.75, 3.05) is 13.1 Å². The molecule has 0 aliphatic carbocycles. The second kappa shape index (κ2) is 12.0. The SMILES string of the molecule is CC(C)CC(NC(=O)C(CCC(=O)O)NC(=O)C1CCCN1)C(=O)NCC(=O)O. The molecular weight excluding hydrogens is 384 g/mol. The summed E-state index contributed by atoms with van der Waals surface area (Å²) in [5.74, 6) is -4.06. The van der Waals surface area contributed by atoms with Gasteiger partial charge in [0.1, 0.15) is 18.6 Å².